The van der Waals surface area contributed by atoms with Crippen molar-refractivity contribution in [2.24, 2.45) is 7.05 Å². The van der Waals surface area contributed by atoms with Crippen molar-refractivity contribution in [2.45, 2.75) is 0 Å². The molecule has 5 nitrogen and oxygen atoms in total. The molecule has 0 radical (unpaired) electrons. The van der Waals surface area contributed by atoms with Gasteiger partial charge < -0.3 is 13.7 Å². The van der Waals surface area contributed by atoms with E-state index in [4.69, 9.17) is 9.15 Å². The molecule has 0 N–H and O–H groups in total. The third-order valence-electron chi connectivity index (χ3n) is 4.33. The Bertz CT molecular complexity index is 1180. The topological polar surface area (TPSA) is 61.4 Å². The van der Waals surface area contributed by atoms with Crippen molar-refractivity contribution >= 4 is 27.7 Å². The molecule has 25 heavy (non-hydrogen) atoms. The summed E-state index contributed by atoms with van der Waals surface area (Å²) >= 11 is 0. The van der Waals surface area contributed by atoms with Gasteiger partial charge in [0.25, 0.3) is 0 Å². The molecule has 0 bridgehead atoms. The number of benzene rings is 2. The van der Waals surface area contributed by atoms with Crippen molar-refractivity contribution < 1.29 is 13.9 Å². The average molecular weight is 333 g/mol. The summed E-state index contributed by atoms with van der Waals surface area (Å²) in [6.07, 6.45) is 1.72. The molecule has 0 unspecified atom stereocenters. The summed E-state index contributed by atoms with van der Waals surface area (Å²) in [6.45, 7) is 0. The summed E-state index contributed by atoms with van der Waals surface area (Å²) in [5.74, 6) is 0.355. The van der Waals surface area contributed by atoms with Gasteiger partial charge in [-0.25, -0.2) is 4.79 Å². The Hall–Kier alpha value is -3.34. The highest BCUT2D eigenvalue weighted by Gasteiger charge is 2.20. The molecule has 2 aromatic carbocycles. The van der Waals surface area contributed by atoms with E-state index < -0.39 is 5.63 Å². The molecule has 0 aliphatic rings. The maximum absolute atomic E-state index is 13.0. The Morgan fingerprint density at radius 1 is 1.08 bits per heavy atom. The zero-order chi connectivity index (χ0) is 17.6. The number of hydrogen-bond acceptors (Lipinski definition) is 4. The van der Waals surface area contributed by atoms with Crippen LogP contribution in [0.25, 0.3) is 21.9 Å². The summed E-state index contributed by atoms with van der Waals surface area (Å²) in [6, 6.07) is 14.2. The Balaban J connectivity index is 1.91. The maximum atomic E-state index is 13.0. The summed E-state index contributed by atoms with van der Waals surface area (Å²) < 4.78 is 12.4. The fourth-order valence-corrected chi connectivity index (χ4v) is 3.04. The van der Waals surface area contributed by atoms with Crippen LogP contribution in [0.2, 0.25) is 0 Å². The van der Waals surface area contributed by atoms with E-state index in [1.54, 1.807) is 37.6 Å². The van der Waals surface area contributed by atoms with Gasteiger partial charge in [-0.1, -0.05) is 18.2 Å². The molecule has 4 rings (SSSR count). The molecule has 0 spiro atoms. The minimum Gasteiger partial charge on any atom is -0.497 e. The number of rotatable bonds is 3. The second-order valence-electron chi connectivity index (χ2n) is 5.85. The number of para-hydroxylation sites is 1. The van der Waals surface area contributed by atoms with Crippen LogP contribution in [0, 0.1) is 0 Å². The van der Waals surface area contributed by atoms with Crippen LogP contribution in [-0.4, -0.2) is 17.5 Å². The van der Waals surface area contributed by atoms with Gasteiger partial charge in [-0.05, 0) is 24.3 Å². The Kier molecular flexibility index (Phi) is 3.42. The van der Waals surface area contributed by atoms with Crippen LogP contribution >= 0.6 is 0 Å². The van der Waals surface area contributed by atoms with Crippen LogP contribution < -0.4 is 10.4 Å². The SMILES string of the molecule is COc1ccc2c(C(=O)c3cc4ccccc4oc3=O)cn(C)c2c1. The first-order valence-electron chi connectivity index (χ1n) is 7.79. The number of aromatic nitrogens is 1. The van der Waals surface area contributed by atoms with Crippen LogP contribution in [0.1, 0.15) is 15.9 Å². The van der Waals surface area contributed by atoms with E-state index in [-0.39, 0.29) is 11.3 Å². The molecule has 0 fully saturated rings. The van der Waals surface area contributed by atoms with Crippen molar-refractivity contribution in [3.8, 4) is 5.75 Å². The zero-order valence-electron chi connectivity index (χ0n) is 13.8. The van der Waals surface area contributed by atoms with Gasteiger partial charge in [-0.15, -0.1) is 0 Å². The molecule has 0 saturated carbocycles. The molecule has 2 heterocycles. The number of hydrogen-bond donors (Lipinski definition) is 0. The number of methoxy groups -OCH3 is 1. The predicted molar refractivity (Wildman–Crippen MR) is 95.4 cm³/mol. The highest BCUT2D eigenvalue weighted by Crippen LogP contribution is 2.27. The van der Waals surface area contributed by atoms with Crippen LogP contribution in [0.4, 0.5) is 0 Å². The first-order chi connectivity index (χ1) is 12.1. The fraction of sp³-hybridized carbons (Fsp3) is 0.100. The van der Waals surface area contributed by atoms with Crippen molar-refractivity contribution in [2.75, 3.05) is 7.11 Å². The fourth-order valence-electron chi connectivity index (χ4n) is 3.04. The van der Waals surface area contributed by atoms with E-state index in [1.165, 1.54) is 0 Å². The molecule has 5 heteroatoms. The molecule has 0 saturated heterocycles. The van der Waals surface area contributed by atoms with Gasteiger partial charge in [0.1, 0.15) is 16.9 Å². The third-order valence-corrected chi connectivity index (χ3v) is 4.33. The van der Waals surface area contributed by atoms with Crippen LogP contribution in [0.15, 0.2) is 63.9 Å². The first-order valence-corrected chi connectivity index (χ1v) is 7.79. The second-order valence-corrected chi connectivity index (χ2v) is 5.85. The standard InChI is InChI=1S/C20H15NO4/c1-21-11-16(14-8-7-13(24-2)10-17(14)21)19(22)15-9-12-5-3-4-6-18(12)25-20(15)23/h3-11H,1-2H3. The molecule has 0 atom stereocenters. The van der Waals surface area contributed by atoms with Crippen molar-refractivity contribution in [1.29, 1.82) is 0 Å². The minimum atomic E-state index is -0.630. The lowest BCUT2D eigenvalue weighted by atomic mass is 10.0. The molecule has 124 valence electrons. The van der Waals surface area contributed by atoms with Gasteiger partial charge in [-0.3, -0.25) is 4.79 Å². The van der Waals surface area contributed by atoms with Gasteiger partial charge in [0.05, 0.1) is 12.6 Å². The lowest BCUT2D eigenvalue weighted by Gasteiger charge is -2.02. The molecule has 4 aromatic rings. The summed E-state index contributed by atoms with van der Waals surface area (Å²) in [4.78, 5) is 25.3. The summed E-state index contributed by atoms with van der Waals surface area (Å²) in [5.41, 5.74) is 1.18. The van der Waals surface area contributed by atoms with Gasteiger partial charge in [0.2, 0.25) is 5.78 Å². The van der Waals surface area contributed by atoms with Gasteiger partial charge >= 0.3 is 5.63 Å². The Labute approximate surface area is 143 Å². The molecular formula is C20H15NO4. The summed E-state index contributed by atoms with van der Waals surface area (Å²) in [7, 11) is 3.44. The van der Waals surface area contributed by atoms with Gasteiger partial charge in [0, 0.05) is 35.6 Å². The van der Waals surface area contributed by atoms with Gasteiger partial charge in [-0.2, -0.15) is 0 Å². The van der Waals surface area contributed by atoms with Crippen molar-refractivity contribution in [1.82, 2.24) is 4.57 Å². The number of carbonyl (C=O) groups excluding carboxylic acids is 1. The van der Waals surface area contributed by atoms with E-state index in [0.717, 1.165) is 10.9 Å². The van der Waals surface area contributed by atoms with E-state index in [1.807, 2.05) is 35.9 Å². The van der Waals surface area contributed by atoms with E-state index in [2.05, 4.69) is 0 Å². The molecule has 2 aromatic heterocycles. The highest BCUT2D eigenvalue weighted by atomic mass is 16.5. The van der Waals surface area contributed by atoms with Crippen molar-refractivity contribution in [3.63, 3.8) is 0 Å². The quantitative estimate of drug-likeness (QED) is 0.425. The number of fused-ring (bicyclic) bond motifs is 2. The maximum Gasteiger partial charge on any atom is 0.347 e. The Morgan fingerprint density at radius 2 is 1.88 bits per heavy atom. The highest BCUT2D eigenvalue weighted by molar-refractivity contribution is 6.17. The number of ketones is 1. The van der Waals surface area contributed by atoms with E-state index in [9.17, 15) is 9.59 Å². The zero-order valence-corrected chi connectivity index (χ0v) is 13.8. The third kappa shape index (κ3) is 2.41. The van der Waals surface area contributed by atoms with E-state index in [0.29, 0.717) is 22.3 Å². The summed E-state index contributed by atoms with van der Waals surface area (Å²) in [5, 5.41) is 1.48. The predicted octanol–water partition coefficient (Wildman–Crippen LogP) is 3.52. The first kappa shape index (κ1) is 15.2. The second kappa shape index (κ2) is 5.63. The lowest BCUT2D eigenvalue weighted by molar-refractivity contribution is 0.103. The lowest BCUT2D eigenvalue weighted by Crippen LogP contribution is -2.14. The Morgan fingerprint density at radius 3 is 2.68 bits per heavy atom. The largest absolute Gasteiger partial charge is 0.497 e. The molecular weight excluding hydrogens is 318 g/mol. The number of aryl methyl sites for hydroxylation is 1. The normalized spacial score (nSPS) is 11.1. The monoisotopic (exact) mass is 333 g/mol. The number of carbonyl (C=O) groups is 1. The molecule has 0 aliphatic carbocycles. The average Bonchev–Trinajstić information content (AvgIpc) is 2.96. The van der Waals surface area contributed by atoms with Crippen LogP contribution in [-0.2, 0) is 7.05 Å². The van der Waals surface area contributed by atoms with Crippen LogP contribution in [0.3, 0.4) is 0 Å². The minimum absolute atomic E-state index is 0.0296. The van der Waals surface area contributed by atoms with E-state index >= 15 is 0 Å². The molecule has 0 amide bonds. The number of ether oxygens (including phenoxy) is 1. The molecule has 0 aliphatic heterocycles. The van der Waals surface area contributed by atoms with Crippen LogP contribution in [0.5, 0.6) is 5.75 Å². The smallest absolute Gasteiger partial charge is 0.347 e. The number of nitrogens with zero attached hydrogens (tertiary/aromatic N) is 1. The van der Waals surface area contributed by atoms with Gasteiger partial charge in [0.15, 0.2) is 0 Å². The van der Waals surface area contributed by atoms with Crippen molar-refractivity contribution in [3.05, 3.63) is 76.3 Å².